The minimum Gasteiger partial charge on any atom is -0.383 e. The molecule has 0 aliphatic rings. The molecule has 1 atom stereocenters. The van der Waals surface area contributed by atoms with E-state index in [1.807, 2.05) is 25.1 Å². The SMILES string of the molecule is CCCCn1c(SCC(=O)N[C@H](C)COC)nc2ccccc2c1=O. The van der Waals surface area contributed by atoms with Crippen LogP contribution in [0.2, 0.25) is 0 Å². The van der Waals surface area contributed by atoms with Gasteiger partial charge in [0, 0.05) is 19.7 Å². The number of para-hydroxylation sites is 1. The molecule has 1 N–H and O–H groups in total. The zero-order valence-electron chi connectivity index (χ0n) is 14.9. The number of amides is 1. The molecule has 0 spiro atoms. The van der Waals surface area contributed by atoms with Gasteiger partial charge in [0.15, 0.2) is 5.16 Å². The Labute approximate surface area is 152 Å². The fourth-order valence-electron chi connectivity index (χ4n) is 2.51. The van der Waals surface area contributed by atoms with Gasteiger partial charge in [-0.1, -0.05) is 37.2 Å². The third-order valence-electron chi connectivity index (χ3n) is 3.72. The first kappa shape index (κ1) is 19.5. The highest BCUT2D eigenvalue weighted by molar-refractivity contribution is 7.99. The molecule has 0 aliphatic carbocycles. The first-order valence-electron chi connectivity index (χ1n) is 8.47. The first-order valence-corrected chi connectivity index (χ1v) is 9.46. The summed E-state index contributed by atoms with van der Waals surface area (Å²) in [6, 6.07) is 7.27. The van der Waals surface area contributed by atoms with Gasteiger partial charge in [0.2, 0.25) is 5.91 Å². The molecule has 1 amide bonds. The zero-order chi connectivity index (χ0) is 18.2. The Morgan fingerprint density at radius 3 is 2.88 bits per heavy atom. The topological polar surface area (TPSA) is 73.2 Å². The minimum absolute atomic E-state index is 0.0466. The summed E-state index contributed by atoms with van der Waals surface area (Å²) in [5, 5.41) is 4.07. The molecule has 0 radical (unpaired) electrons. The van der Waals surface area contributed by atoms with Crippen LogP contribution in [0.5, 0.6) is 0 Å². The fourth-order valence-corrected chi connectivity index (χ4v) is 3.35. The summed E-state index contributed by atoms with van der Waals surface area (Å²) >= 11 is 1.29. The zero-order valence-corrected chi connectivity index (χ0v) is 15.8. The molecule has 2 rings (SSSR count). The lowest BCUT2D eigenvalue weighted by molar-refractivity contribution is -0.119. The molecule has 6 nitrogen and oxygen atoms in total. The summed E-state index contributed by atoms with van der Waals surface area (Å²) in [5.74, 6) is 0.115. The summed E-state index contributed by atoms with van der Waals surface area (Å²) in [7, 11) is 1.60. The number of thioether (sulfide) groups is 1. The Hall–Kier alpha value is -1.86. The van der Waals surface area contributed by atoms with E-state index in [4.69, 9.17) is 4.74 Å². The van der Waals surface area contributed by atoms with Crippen molar-refractivity contribution in [3.63, 3.8) is 0 Å². The third-order valence-corrected chi connectivity index (χ3v) is 4.69. The average molecular weight is 363 g/mol. The number of rotatable bonds is 9. The summed E-state index contributed by atoms with van der Waals surface area (Å²) in [4.78, 5) is 29.4. The second-order valence-corrected chi connectivity index (χ2v) is 6.88. The molecule has 0 aliphatic heterocycles. The highest BCUT2D eigenvalue weighted by atomic mass is 32.2. The number of benzene rings is 1. The predicted octanol–water partition coefficient (Wildman–Crippen LogP) is 2.44. The minimum atomic E-state index is -0.0981. The van der Waals surface area contributed by atoms with E-state index in [0.29, 0.717) is 29.2 Å². The van der Waals surface area contributed by atoms with Crippen LogP contribution < -0.4 is 10.9 Å². The second-order valence-electron chi connectivity index (χ2n) is 5.93. The molecule has 0 saturated carbocycles. The van der Waals surface area contributed by atoms with E-state index in [9.17, 15) is 9.59 Å². The quantitative estimate of drug-likeness (QED) is 0.547. The van der Waals surface area contributed by atoms with E-state index in [2.05, 4.69) is 17.2 Å². The molecule has 0 saturated heterocycles. The van der Waals surface area contributed by atoms with Crippen molar-refractivity contribution in [3.05, 3.63) is 34.6 Å². The van der Waals surface area contributed by atoms with E-state index < -0.39 is 0 Å². The van der Waals surface area contributed by atoms with Crippen molar-refractivity contribution in [1.82, 2.24) is 14.9 Å². The van der Waals surface area contributed by atoms with Gasteiger partial charge in [-0.25, -0.2) is 4.98 Å². The standard InChI is InChI=1S/C18H25N3O3S/c1-4-5-10-21-17(23)14-8-6-7-9-15(14)20-18(21)25-12-16(22)19-13(2)11-24-3/h6-9,13H,4-5,10-12H2,1-3H3,(H,19,22)/t13-/m1/s1. The summed E-state index contributed by atoms with van der Waals surface area (Å²) < 4.78 is 6.70. The number of nitrogens with zero attached hydrogens (tertiary/aromatic N) is 2. The number of methoxy groups -OCH3 is 1. The van der Waals surface area contributed by atoms with E-state index in [1.165, 1.54) is 11.8 Å². The van der Waals surface area contributed by atoms with Crippen LogP contribution in [0.1, 0.15) is 26.7 Å². The van der Waals surface area contributed by atoms with Gasteiger partial charge in [0.25, 0.3) is 5.56 Å². The average Bonchev–Trinajstić information content (AvgIpc) is 2.59. The van der Waals surface area contributed by atoms with Gasteiger partial charge in [-0.2, -0.15) is 0 Å². The lowest BCUT2D eigenvalue weighted by atomic mass is 10.2. The predicted molar refractivity (Wildman–Crippen MR) is 101 cm³/mol. The molecule has 136 valence electrons. The maximum Gasteiger partial charge on any atom is 0.262 e. The molecule has 7 heteroatoms. The van der Waals surface area contributed by atoms with Crippen LogP contribution in [-0.2, 0) is 16.1 Å². The molecule has 0 unspecified atom stereocenters. The summed E-state index contributed by atoms with van der Waals surface area (Å²) in [6.07, 6.45) is 1.88. The largest absolute Gasteiger partial charge is 0.383 e. The number of ether oxygens (including phenoxy) is 1. The van der Waals surface area contributed by atoms with Crippen LogP contribution in [0.25, 0.3) is 10.9 Å². The van der Waals surface area contributed by atoms with Crippen LogP contribution in [0.4, 0.5) is 0 Å². The highest BCUT2D eigenvalue weighted by Gasteiger charge is 2.14. The maximum atomic E-state index is 12.8. The molecular weight excluding hydrogens is 338 g/mol. The fraction of sp³-hybridized carbons (Fsp3) is 0.500. The third kappa shape index (κ3) is 5.31. The Kier molecular flexibility index (Phi) is 7.46. The number of hydrogen-bond donors (Lipinski definition) is 1. The normalized spacial score (nSPS) is 12.3. The number of aromatic nitrogens is 2. The lowest BCUT2D eigenvalue weighted by Gasteiger charge is -2.14. The van der Waals surface area contributed by atoms with Gasteiger partial charge in [-0.15, -0.1) is 0 Å². The Bertz CT molecular complexity index is 776. The second kappa shape index (κ2) is 9.58. The van der Waals surface area contributed by atoms with Gasteiger partial charge in [-0.3, -0.25) is 14.2 Å². The van der Waals surface area contributed by atoms with Crippen molar-refractivity contribution >= 4 is 28.6 Å². The van der Waals surface area contributed by atoms with E-state index in [-0.39, 0.29) is 23.3 Å². The monoisotopic (exact) mass is 363 g/mol. The van der Waals surface area contributed by atoms with Gasteiger partial charge in [-0.05, 0) is 25.5 Å². The smallest absolute Gasteiger partial charge is 0.262 e. The van der Waals surface area contributed by atoms with E-state index in [0.717, 1.165) is 12.8 Å². The van der Waals surface area contributed by atoms with Gasteiger partial charge in [0.1, 0.15) is 0 Å². The molecule has 0 fully saturated rings. The number of carbonyl (C=O) groups is 1. The highest BCUT2D eigenvalue weighted by Crippen LogP contribution is 2.18. The Morgan fingerprint density at radius 1 is 1.40 bits per heavy atom. The van der Waals surface area contributed by atoms with Crippen molar-refractivity contribution in [2.45, 2.75) is 44.4 Å². The summed E-state index contributed by atoms with van der Waals surface area (Å²) in [5.41, 5.74) is 0.616. The molecule has 2 aromatic rings. The molecule has 1 aromatic heterocycles. The first-order chi connectivity index (χ1) is 12.1. The van der Waals surface area contributed by atoms with Crippen LogP contribution in [0.3, 0.4) is 0 Å². The van der Waals surface area contributed by atoms with Gasteiger partial charge < -0.3 is 10.1 Å². The van der Waals surface area contributed by atoms with Crippen molar-refractivity contribution in [2.24, 2.45) is 0 Å². The Morgan fingerprint density at radius 2 is 2.16 bits per heavy atom. The molecule has 0 bridgehead atoms. The van der Waals surface area contributed by atoms with Crippen molar-refractivity contribution in [2.75, 3.05) is 19.5 Å². The molecule has 1 heterocycles. The van der Waals surface area contributed by atoms with Crippen LogP contribution in [0.15, 0.2) is 34.2 Å². The summed E-state index contributed by atoms with van der Waals surface area (Å²) in [6.45, 7) is 5.04. The Balaban J connectivity index is 2.20. The van der Waals surface area contributed by atoms with Crippen LogP contribution in [-0.4, -0.2) is 41.0 Å². The van der Waals surface area contributed by atoms with Crippen LogP contribution in [0, 0.1) is 0 Å². The molecular formula is C18H25N3O3S. The number of fused-ring (bicyclic) bond motifs is 1. The molecule has 1 aromatic carbocycles. The maximum absolute atomic E-state index is 12.8. The number of hydrogen-bond acceptors (Lipinski definition) is 5. The van der Waals surface area contributed by atoms with Gasteiger partial charge in [0.05, 0.1) is 23.3 Å². The van der Waals surface area contributed by atoms with E-state index in [1.54, 1.807) is 17.7 Å². The van der Waals surface area contributed by atoms with Crippen molar-refractivity contribution < 1.29 is 9.53 Å². The van der Waals surface area contributed by atoms with E-state index >= 15 is 0 Å². The van der Waals surface area contributed by atoms with Crippen molar-refractivity contribution in [3.8, 4) is 0 Å². The number of carbonyl (C=O) groups excluding carboxylic acids is 1. The molecule has 25 heavy (non-hydrogen) atoms. The number of unbranched alkanes of at least 4 members (excludes halogenated alkanes) is 1. The van der Waals surface area contributed by atoms with Crippen molar-refractivity contribution in [1.29, 1.82) is 0 Å². The lowest BCUT2D eigenvalue weighted by Crippen LogP contribution is -2.36. The van der Waals surface area contributed by atoms with Crippen LogP contribution >= 0.6 is 11.8 Å². The van der Waals surface area contributed by atoms with Gasteiger partial charge >= 0.3 is 0 Å². The number of nitrogens with one attached hydrogen (secondary N) is 1.